The molecule has 1 aromatic heterocycles. The van der Waals surface area contributed by atoms with Crippen molar-refractivity contribution in [2.24, 2.45) is 5.92 Å². The number of pyridine rings is 1. The van der Waals surface area contributed by atoms with Crippen LogP contribution in [0.5, 0.6) is 5.75 Å². The first-order chi connectivity index (χ1) is 7.70. The molecule has 1 heterocycles. The molecular weight excluding hydrogens is 212 g/mol. The van der Waals surface area contributed by atoms with Crippen molar-refractivity contribution in [3.63, 3.8) is 0 Å². The third kappa shape index (κ3) is 2.68. The molecule has 0 saturated heterocycles. The van der Waals surface area contributed by atoms with Crippen molar-refractivity contribution in [1.29, 1.82) is 0 Å². The van der Waals surface area contributed by atoms with Gasteiger partial charge in [-0.2, -0.15) is 0 Å². The first-order valence-electron chi connectivity index (χ1n) is 5.57. The van der Waals surface area contributed by atoms with Gasteiger partial charge in [-0.25, -0.2) is 8.78 Å². The van der Waals surface area contributed by atoms with Gasteiger partial charge >= 0.3 is 0 Å². The summed E-state index contributed by atoms with van der Waals surface area (Å²) in [6.45, 7) is 1.60. The Kier molecular flexibility index (Phi) is 3.36. The summed E-state index contributed by atoms with van der Waals surface area (Å²) >= 11 is 0. The number of rotatable bonds is 5. The van der Waals surface area contributed by atoms with E-state index in [0.29, 0.717) is 11.7 Å². The fourth-order valence-corrected chi connectivity index (χ4v) is 1.92. The lowest BCUT2D eigenvalue weighted by Crippen LogP contribution is -2.07. The summed E-state index contributed by atoms with van der Waals surface area (Å²) in [5.74, 6) is 1.73. The van der Waals surface area contributed by atoms with Gasteiger partial charge in [0.05, 0.1) is 6.20 Å². The molecule has 0 unspecified atom stereocenters. The van der Waals surface area contributed by atoms with Gasteiger partial charge in [-0.15, -0.1) is 0 Å². The maximum absolute atomic E-state index is 11.9. The largest absolute Gasteiger partial charge is 0.486 e. The number of ether oxygens (including phenoxy) is 1. The van der Waals surface area contributed by atoms with Crippen LogP contribution in [-0.2, 0) is 0 Å². The maximum Gasteiger partial charge on any atom is 0.272 e. The van der Waals surface area contributed by atoms with Crippen molar-refractivity contribution in [3.05, 3.63) is 24.0 Å². The Hall–Kier alpha value is -1.19. The SMILES string of the molecule is CC[C@H]1C[C@@H]1c1ccc(OCC(F)F)cn1. The highest BCUT2D eigenvalue weighted by Crippen LogP contribution is 2.48. The van der Waals surface area contributed by atoms with Gasteiger partial charge in [-0.05, 0) is 24.5 Å². The van der Waals surface area contributed by atoms with Gasteiger partial charge in [-0.3, -0.25) is 4.98 Å². The maximum atomic E-state index is 11.9. The van der Waals surface area contributed by atoms with E-state index in [1.807, 2.05) is 6.07 Å². The van der Waals surface area contributed by atoms with Crippen molar-refractivity contribution in [2.45, 2.75) is 32.1 Å². The average Bonchev–Trinajstić information content (AvgIpc) is 3.06. The molecule has 1 saturated carbocycles. The summed E-state index contributed by atoms with van der Waals surface area (Å²) in [4.78, 5) is 4.25. The molecule has 88 valence electrons. The molecular formula is C12H15F2NO. The van der Waals surface area contributed by atoms with Crippen LogP contribution in [0.1, 0.15) is 31.4 Å². The van der Waals surface area contributed by atoms with E-state index in [9.17, 15) is 8.78 Å². The molecule has 16 heavy (non-hydrogen) atoms. The fraction of sp³-hybridized carbons (Fsp3) is 0.583. The van der Waals surface area contributed by atoms with Crippen LogP contribution in [0.3, 0.4) is 0 Å². The summed E-state index contributed by atoms with van der Waals surface area (Å²) in [6.07, 6.45) is 1.46. The molecule has 0 spiro atoms. The van der Waals surface area contributed by atoms with Crippen molar-refractivity contribution < 1.29 is 13.5 Å². The fourth-order valence-electron chi connectivity index (χ4n) is 1.92. The van der Waals surface area contributed by atoms with E-state index < -0.39 is 13.0 Å². The Bertz CT molecular complexity index is 339. The number of nitrogens with zero attached hydrogens (tertiary/aromatic N) is 1. The molecule has 0 aliphatic heterocycles. The Morgan fingerprint density at radius 1 is 1.50 bits per heavy atom. The topological polar surface area (TPSA) is 22.1 Å². The zero-order chi connectivity index (χ0) is 11.5. The quantitative estimate of drug-likeness (QED) is 0.770. The molecule has 1 aliphatic rings. The van der Waals surface area contributed by atoms with Crippen LogP contribution in [0.25, 0.3) is 0 Å². The van der Waals surface area contributed by atoms with Gasteiger partial charge in [0.15, 0.2) is 0 Å². The van der Waals surface area contributed by atoms with Crippen LogP contribution in [0.15, 0.2) is 18.3 Å². The summed E-state index contributed by atoms with van der Waals surface area (Å²) < 4.78 is 28.6. The minimum Gasteiger partial charge on any atom is -0.486 e. The van der Waals surface area contributed by atoms with Crippen molar-refractivity contribution >= 4 is 0 Å². The molecule has 0 N–H and O–H groups in total. The lowest BCUT2D eigenvalue weighted by atomic mass is 10.2. The predicted octanol–water partition coefficient (Wildman–Crippen LogP) is 3.24. The summed E-state index contributed by atoms with van der Waals surface area (Å²) in [5, 5.41) is 0. The molecule has 0 amide bonds. The van der Waals surface area contributed by atoms with Crippen LogP contribution >= 0.6 is 0 Å². The molecule has 1 aliphatic carbocycles. The Balaban J connectivity index is 1.90. The lowest BCUT2D eigenvalue weighted by Gasteiger charge is -2.05. The number of hydrogen-bond acceptors (Lipinski definition) is 2. The van der Waals surface area contributed by atoms with Gasteiger partial charge < -0.3 is 4.74 Å². The lowest BCUT2D eigenvalue weighted by molar-refractivity contribution is 0.0817. The van der Waals surface area contributed by atoms with Gasteiger partial charge in [0.25, 0.3) is 6.43 Å². The number of alkyl halides is 2. The molecule has 2 atom stereocenters. The van der Waals surface area contributed by atoms with Crippen LogP contribution < -0.4 is 4.74 Å². The third-order valence-corrected chi connectivity index (χ3v) is 2.96. The monoisotopic (exact) mass is 227 g/mol. The van der Waals surface area contributed by atoms with E-state index in [4.69, 9.17) is 4.74 Å². The molecule has 0 aromatic carbocycles. The Morgan fingerprint density at radius 3 is 2.81 bits per heavy atom. The number of halogens is 2. The zero-order valence-electron chi connectivity index (χ0n) is 9.20. The van der Waals surface area contributed by atoms with Gasteiger partial charge in [-0.1, -0.05) is 13.3 Å². The minimum absolute atomic E-state index is 0.415. The van der Waals surface area contributed by atoms with Gasteiger partial charge in [0, 0.05) is 11.6 Å². The third-order valence-electron chi connectivity index (χ3n) is 2.96. The second kappa shape index (κ2) is 4.76. The minimum atomic E-state index is -2.44. The summed E-state index contributed by atoms with van der Waals surface area (Å²) in [7, 11) is 0. The molecule has 0 bridgehead atoms. The van der Waals surface area contributed by atoms with Crippen LogP contribution in [-0.4, -0.2) is 18.0 Å². The van der Waals surface area contributed by atoms with Crippen LogP contribution in [0.4, 0.5) is 8.78 Å². The average molecular weight is 227 g/mol. The normalized spacial score (nSPS) is 23.5. The molecule has 2 rings (SSSR count). The molecule has 1 fully saturated rings. The van der Waals surface area contributed by atoms with Gasteiger partial charge in [0.2, 0.25) is 0 Å². The standard InChI is InChI=1S/C12H15F2NO/c1-2-8-5-10(8)11-4-3-9(6-15-11)16-7-12(13)14/h3-4,6,8,10,12H,2,5,7H2,1H3/t8-,10-/m0/s1. The van der Waals surface area contributed by atoms with E-state index in [-0.39, 0.29) is 0 Å². The van der Waals surface area contributed by atoms with Crippen molar-refractivity contribution in [3.8, 4) is 5.75 Å². The van der Waals surface area contributed by atoms with Crippen molar-refractivity contribution in [1.82, 2.24) is 4.98 Å². The first kappa shape index (κ1) is 11.3. The van der Waals surface area contributed by atoms with Crippen molar-refractivity contribution in [2.75, 3.05) is 6.61 Å². The Morgan fingerprint density at radius 2 is 2.31 bits per heavy atom. The zero-order valence-corrected chi connectivity index (χ0v) is 9.20. The van der Waals surface area contributed by atoms with Crippen LogP contribution in [0, 0.1) is 5.92 Å². The number of aromatic nitrogens is 1. The van der Waals surface area contributed by atoms with E-state index in [1.54, 1.807) is 6.07 Å². The highest BCUT2D eigenvalue weighted by Gasteiger charge is 2.37. The molecule has 1 aromatic rings. The molecule has 0 radical (unpaired) electrons. The van der Waals surface area contributed by atoms with Crippen LogP contribution in [0.2, 0.25) is 0 Å². The molecule has 2 nitrogen and oxygen atoms in total. The van der Waals surface area contributed by atoms with E-state index in [1.165, 1.54) is 19.0 Å². The second-order valence-corrected chi connectivity index (χ2v) is 4.13. The predicted molar refractivity (Wildman–Crippen MR) is 56.9 cm³/mol. The summed E-state index contributed by atoms with van der Waals surface area (Å²) in [6, 6.07) is 3.59. The summed E-state index contributed by atoms with van der Waals surface area (Å²) in [5.41, 5.74) is 1.05. The smallest absolute Gasteiger partial charge is 0.272 e. The molecule has 4 heteroatoms. The van der Waals surface area contributed by atoms with Gasteiger partial charge in [0.1, 0.15) is 12.4 Å². The van der Waals surface area contributed by atoms with E-state index >= 15 is 0 Å². The second-order valence-electron chi connectivity index (χ2n) is 4.13. The van der Waals surface area contributed by atoms with E-state index in [0.717, 1.165) is 11.6 Å². The number of hydrogen-bond donors (Lipinski definition) is 0. The highest BCUT2D eigenvalue weighted by molar-refractivity contribution is 5.25. The van der Waals surface area contributed by atoms with E-state index in [2.05, 4.69) is 11.9 Å². The first-order valence-corrected chi connectivity index (χ1v) is 5.57. The Labute approximate surface area is 93.6 Å². The highest BCUT2D eigenvalue weighted by atomic mass is 19.3.